The molecule has 0 spiro atoms. The van der Waals surface area contributed by atoms with Crippen molar-refractivity contribution in [3.8, 4) is 5.75 Å². The van der Waals surface area contributed by atoms with Gasteiger partial charge < -0.3 is 9.84 Å². The maximum atomic E-state index is 10.1. The minimum Gasteiger partial charge on any atom is -0.507 e. The highest BCUT2D eigenvalue weighted by molar-refractivity contribution is 5.39. The maximum Gasteiger partial charge on any atom is 0.122 e. The lowest BCUT2D eigenvalue weighted by Gasteiger charge is -2.47. The first-order valence-corrected chi connectivity index (χ1v) is 6.89. The summed E-state index contributed by atoms with van der Waals surface area (Å²) in [6, 6.07) is 5.94. The summed E-state index contributed by atoms with van der Waals surface area (Å²) in [6.07, 6.45) is 0. The van der Waals surface area contributed by atoms with Crippen molar-refractivity contribution in [2.24, 2.45) is 0 Å². The monoisotopic (exact) mass is 263 g/mol. The Hall–Kier alpha value is -1.06. The second-order valence-corrected chi connectivity index (χ2v) is 6.85. The minimum atomic E-state index is -0.152. The van der Waals surface area contributed by atoms with Gasteiger partial charge in [0.05, 0.1) is 11.2 Å². The van der Waals surface area contributed by atoms with Crippen molar-refractivity contribution in [3.05, 3.63) is 29.3 Å². The molecule has 0 radical (unpaired) electrons. The van der Waals surface area contributed by atoms with Gasteiger partial charge >= 0.3 is 0 Å². The summed E-state index contributed by atoms with van der Waals surface area (Å²) in [7, 11) is 0. The molecule has 1 saturated heterocycles. The third-order valence-electron chi connectivity index (χ3n) is 3.48. The van der Waals surface area contributed by atoms with Crippen LogP contribution in [0.15, 0.2) is 18.2 Å². The van der Waals surface area contributed by atoms with Gasteiger partial charge in [-0.25, -0.2) is 0 Å². The molecule has 0 amide bonds. The number of phenolic OH excluding ortho intramolecular Hbond substituents is 1. The Morgan fingerprint density at radius 1 is 1.16 bits per heavy atom. The first kappa shape index (κ1) is 14.4. The maximum absolute atomic E-state index is 10.1. The summed E-state index contributed by atoms with van der Waals surface area (Å²) in [5.41, 5.74) is 1.63. The first-order chi connectivity index (χ1) is 8.69. The van der Waals surface area contributed by atoms with Gasteiger partial charge in [-0.3, -0.25) is 4.90 Å². The van der Waals surface area contributed by atoms with Crippen LogP contribution in [0.1, 0.15) is 38.8 Å². The molecule has 3 heteroatoms. The SMILES string of the molecule is Cc1cccc(CN2CC(C)(C)OC(C)(C)C2)c1O. The summed E-state index contributed by atoms with van der Waals surface area (Å²) in [4.78, 5) is 2.36. The molecule has 1 aromatic carbocycles. The molecular weight excluding hydrogens is 238 g/mol. The quantitative estimate of drug-likeness (QED) is 0.890. The molecular formula is C16H25NO2. The van der Waals surface area contributed by atoms with Crippen LogP contribution < -0.4 is 0 Å². The van der Waals surface area contributed by atoms with E-state index in [0.29, 0.717) is 5.75 Å². The summed E-state index contributed by atoms with van der Waals surface area (Å²) in [5.74, 6) is 0.421. The van der Waals surface area contributed by atoms with Gasteiger partial charge in [0, 0.05) is 25.2 Å². The highest BCUT2D eigenvalue weighted by Crippen LogP contribution is 2.30. The van der Waals surface area contributed by atoms with Gasteiger partial charge in [-0.1, -0.05) is 18.2 Å². The zero-order valence-electron chi connectivity index (χ0n) is 12.7. The highest BCUT2D eigenvalue weighted by atomic mass is 16.5. The second kappa shape index (κ2) is 4.80. The van der Waals surface area contributed by atoms with E-state index in [1.807, 2.05) is 25.1 Å². The van der Waals surface area contributed by atoms with E-state index in [4.69, 9.17) is 4.74 Å². The first-order valence-electron chi connectivity index (χ1n) is 6.89. The van der Waals surface area contributed by atoms with E-state index in [-0.39, 0.29) is 11.2 Å². The lowest BCUT2D eigenvalue weighted by atomic mass is 9.98. The van der Waals surface area contributed by atoms with Crippen molar-refractivity contribution < 1.29 is 9.84 Å². The summed E-state index contributed by atoms with van der Waals surface area (Å²) in [6.45, 7) is 12.9. The fourth-order valence-electron chi connectivity index (χ4n) is 3.15. The molecule has 1 fully saturated rings. The van der Waals surface area contributed by atoms with E-state index in [1.54, 1.807) is 0 Å². The average Bonchev–Trinajstić information content (AvgIpc) is 2.20. The lowest BCUT2D eigenvalue weighted by molar-refractivity contribution is -0.182. The smallest absolute Gasteiger partial charge is 0.122 e. The van der Waals surface area contributed by atoms with Crippen LogP contribution in [0.3, 0.4) is 0 Å². The van der Waals surface area contributed by atoms with E-state index in [0.717, 1.165) is 30.8 Å². The predicted molar refractivity (Wildman–Crippen MR) is 77.4 cm³/mol. The van der Waals surface area contributed by atoms with Crippen LogP contribution in [-0.2, 0) is 11.3 Å². The molecule has 0 bridgehead atoms. The topological polar surface area (TPSA) is 32.7 Å². The summed E-state index contributed by atoms with van der Waals surface area (Å²) in [5, 5.41) is 10.1. The van der Waals surface area contributed by atoms with Crippen LogP contribution in [0.5, 0.6) is 5.75 Å². The number of morpholine rings is 1. The third-order valence-corrected chi connectivity index (χ3v) is 3.48. The largest absolute Gasteiger partial charge is 0.507 e. The normalized spacial score (nSPS) is 22.4. The molecule has 0 saturated carbocycles. The number of rotatable bonds is 2. The number of aromatic hydroxyl groups is 1. The molecule has 19 heavy (non-hydrogen) atoms. The van der Waals surface area contributed by atoms with E-state index >= 15 is 0 Å². The van der Waals surface area contributed by atoms with Gasteiger partial charge in [-0.05, 0) is 40.2 Å². The van der Waals surface area contributed by atoms with Gasteiger partial charge in [-0.15, -0.1) is 0 Å². The molecule has 0 aromatic heterocycles. The van der Waals surface area contributed by atoms with Crippen LogP contribution in [-0.4, -0.2) is 34.3 Å². The fraction of sp³-hybridized carbons (Fsp3) is 0.625. The number of phenols is 1. The van der Waals surface area contributed by atoms with E-state index in [1.165, 1.54) is 0 Å². The van der Waals surface area contributed by atoms with Crippen molar-refractivity contribution >= 4 is 0 Å². The van der Waals surface area contributed by atoms with E-state index in [9.17, 15) is 5.11 Å². The Kier molecular flexibility index (Phi) is 3.63. The molecule has 106 valence electrons. The van der Waals surface area contributed by atoms with Crippen LogP contribution >= 0.6 is 0 Å². The molecule has 1 aliphatic rings. The zero-order valence-corrected chi connectivity index (χ0v) is 12.7. The van der Waals surface area contributed by atoms with E-state index < -0.39 is 0 Å². The van der Waals surface area contributed by atoms with Gasteiger partial charge in [0.1, 0.15) is 5.75 Å². The number of hydrogen-bond donors (Lipinski definition) is 1. The van der Waals surface area contributed by atoms with E-state index in [2.05, 4.69) is 32.6 Å². The molecule has 3 nitrogen and oxygen atoms in total. The number of nitrogens with zero attached hydrogens (tertiary/aromatic N) is 1. The molecule has 1 aromatic rings. The Bertz CT molecular complexity index is 450. The molecule has 0 aliphatic carbocycles. The van der Waals surface area contributed by atoms with Crippen LogP contribution in [0.4, 0.5) is 0 Å². The third kappa shape index (κ3) is 3.48. The minimum absolute atomic E-state index is 0.152. The average molecular weight is 263 g/mol. The number of benzene rings is 1. The molecule has 0 unspecified atom stereocenters. The van der Waals surface area contributed by atoms with Gasteiger partial charge in [0.25, 0.3) is 0 Å². The number of aryl methyl sites for hydroxylation is 1. The summed E-state index contributed by atoms with van der Waals surface area (Å²) >= 11 is 0. The number of ether oxygens (including phenoxy) is 1. The van der Waals surface area contributed by atoms with Crippen molar-refractivity contribution in [2.45, 2.75) is 52.4 Å². The van der Waals surface area contributed by atoms with Crippen molar-refractivity contribution in [1.82, 2.24) is 4.90 Å². The second-order valence-electron chi connectivity index (χ2n) is 6.85. The molecule has 1 heterocycles. The predicted octanol–water partition coefficient (Wildman–Crippen LogP) is 3.09. The fourth-order valence-corrected chi connectivity index (χ4v) is 3.15. The molecule has 1 N–H and O–H groups in total. The lowest BCUT2D eigenvalue weighted by Crippen LogP contribution is -2.56. The van der Waals surface area contributed by atoms with Crippen LogP contribution in [0.2, 0.25) is 0 Å². The number of para-hydroxylation sites is 1. The van der Waals surface area contributed by atoms with Crippen molar-refractivity contribution in [2.75, 3.05) is 13.1 Å². The van der Waals surface area contributed by atoms with Crippen LogP contribution in [0.25, 0.3) is 0 Å². The highest BCUT2D eigenvalue weighted by Gasteiger charge is 2.38. The van der Waals surface area contributed by atoms with Crippen molar-refractivity contribution in [1.29, 1.82) is 0 Å². The molecule has 2 rings (SSSR count). The Labute approximate surface area is 116 Å². The Morgan fingerprint density at radius 2 is 1.74 bits per heavy atom. The molecule has 0 atom stereocenters. The zero-order chi connectivity index (χ0) is 14.3. The van der Waals surface area contributed by atoms with Gasteiger partial charge in [-0.2, -0.15) is 0 Å². The Morgan fingerprint density at radius 3 is 2.32 bits per heavy atom. The van der Waals surface area contributed by atoms with Crippen LogP contribution in [0, 0.1) is 6.92 Å². The summed E-state index contributed by atoms with van der Waals surface area (Å²) < 4.78 is 6.08. The Balaban J connectivity index is 2.16. The van der Waals surface area contributed by atoms with Gasteiger partial charge in [0.15, 0.2) is 0 Å². The van der Waals surface area contributed by atoms with Crippen molar-refractivity contribution in [3.63, 3.8) is 0 Å². The number of hydrogen-bond acceptors (Lipinski definition) is 3. The standard InChI is InChI=1S/C16H25NO2/c1-12-7-6-8-13(14(12)18)9-17-10-15(2,3)19-16(4,5)11-17/h6-8,18H,9-11H2,1-5H3. The molecule has 1 aliphatic heterocycles. The van der Waals surface area contributed by atoms with Gasteiger partial charge in [0.2, 0.25) is 0 Å².